The first-order valence-electron chi connectivity index (χ1n) is 11.1. The Morgan fingerprint density at radius 3 is 2.61 bits per heavy atom. The third kappa shape index (κ3) is 3.71. The summed E-state index contributed by atoms with van der Waals surface area (Å²) in [6, 6.07) is 12.1. The number of rotatable bonds is 2. The summed E-state index contributed by atoms with van der Waals surface area (Å²) in [6.45, 7) is 8.44. The summed E-state index contributed by atoms with van der Waals surface area (Å²) in [7, 11) is 0. The van der Waals surface area contributed by atoms with Gasteiger partial charge in [-0.2, -0.15) is 9.61 Å². The fourth-order valence-electron chi connectivity index (χ4n) is 4.58. The molecule has 1 amide bonds. The van der Waals surface area contributed by atoms with Crippen LogP contribution in [0.3, 0.4) is 0 Å². The Morgan fingerprint density at radius 1 is 1.06 bits per heavy atom. The van der Waals surface area contributed by atoms with Crippen molar-refractivity contribution in [2.45, 2.75) is 57.5 Å². The predicted octanol–water partition coefficient (Wildman–Crippen LogP) is 3.44. The Hall–Kier alpha value is -2.80. The molecule has 0 saturated carbocycles. The van der Waals surface area contributed by atoms with E-state index in [9.17, 15) is 4.79 Å². The average molecular weight is 420 g/mol. The van der Waals surface area contributed by atoms with Crippen LogP contribution in [0.5, 0.6) is 0 Å². The molecule has 162 valence electrons. The first-order valence-corrected chi connectivity index (χ1v) is 11.1. The number of ether oxygens (including phenoxy) is 1. The number of carbonyl (C=O) groups is 1. The predicted molar refractivity (Wildman–Crippen MR) is 117 cm³/mol. The molecule has 2 aliphatic rings. The maximum atomic E-state index is 13.2. The highest BCUT2D eigenvalue weighted by Crippen LogP contribution is 2.32. The molecule has 0 bridgehead atoms. The van der Waals surface area contributed by atoms with Crippen LogP contribution in [0.4, 0.5) is 0 Å². The number of likely N-dealkylation sites (tertiary alicyclic amines) is 1. The minimum Gasteiger partial charge on any atom is -0.363 e. The second-order valence-corrected chi connectivity index (χ2v) is 9.60. The van der Waals surface area contributed by atoms with Crippen molar-refractivity contribution < 1.29 is 9.53 Å². The molecule has 2 aliphatic heterocycles. The third-order valence-electron chi connectivity index (χ3n) is 6.44. The summed E-state index contributed by atoms with van der Waals surface area (Å²) in [4.78, 5) is 15.2. The standard InChI is InChI=1S/C24H29N5O2/c1-24(2,3)19-8-9-20-25-26-22(29(20)27-19)17-10-13-28(14-11-17)23(30)21-18-7-5-4-6-16(18)12-15-31-21/h4-9,17,21H,10-15H2,1-3H3. The molecule has 0 N–H and O–H groups in total. The van der Waals surface area contributed by atoms with E-state index in [0.29, 0.717) is 19.7 Å². The van der Waals surface area contributed by atoms with E-state index < -0.39 is 6.10 Å². The van der Waals surface area contributed by atoms with Gasteiger partial charge in [-0.15, -0.1) is 10.2 Å². The fraction of sp³-hybridized carbons (Fsp3) is 0.500. The van der Waals surface area contributed by atoms with Crippen LogP contribution in [-0.4, -0.2) is 50.3 Å². The van der Waals surface area contributed by atoms with Gasteiger partial charge in [-0.1, -0.05) is 45.0 Å². The summed E-state index contributed by atoms with van der Waals surface area (Å²) >= 11 is 0. The second kappa shape index (κ2) is 7.71. The summed E-state index contributed by atoms with van der Waals surface area (Å²) in [6.07, 6.45) is 2.09. The van der Waals surface area contributed by atoms with Crippen molar-refractivity contribution in [3.8, 4) is 0 Å². The summed E-state index contributed by atoms with van der Waals surface area (Å²) in [5.74, 6) is 1.21. The molecule has 0 aliphatic carbocycles. The number of benzene rings is 1. The molecule has 31 heavy (non-hydrogen) atoms. The number of carbonyl (C=O) groups excluding carboxylic acids is 1. The van der Waals surface area contributed by atoms with Crippen LogP contribution < -0.4 is 0 Å². The number of aromatic nitrogens is 4. The summed E-state index contributed by atoms with van der Waals surface area (Å²) in [5, 5.41) is 13.6. The van der Waals surface area contributed by atoms with Gasteiger partial charge in [0.2, 0.25) is 0 Å². The summed E-state index contributed by atoms with van der Waals surface area (Å²) < 4.78 is 7.79. The van der Waals surface area contributed by atoms with Gasteiger partial charge in [0.1, 0.15) is 0 Å². The zero-order valence-electron chi connectivity index (χ0n) is 18.4. The van der Waals surface area contributed by atoms with Gasteiger partial charge < -0.3 is 9.64 Å². The molecule has 1 unspecified atom stereocenters. The molecule has 7 nitrogen and oxygen atoms in total. The number of fused-ring (bicyclic) bond motifs is 2. The maximum Gasteiger partial charge on any atom is 0.256 e. The molecule has 4 heterocycles. The number of amides is 1. The number of hydrogen-bond donors (Lipinski definition) is 0. The zero-order valence-corrected chi connectivity index (χ0v) is 18.4. The number of nitrogens with zero attached hydrogens (tertiary/aromatic N) is 5. The zero-order chi connectivity index (χ0) is 21.6. The van der Waals surface area contributed by atoms with E-state index in [2.05, 4.69) is 37.0 Å². The highest BCUT2D eigenvalue weighted by atomic mass is 16.5. The van der Waals surface area contributed by atoms with E-state index in [1.807, 2.05) is 39.7 Å². The lowest BCUT2D eigenvalue weighted by molar-refractivity contribution is -0.146. The number of hydrogen-bond acceptors (Lipinski definition) is 5. The van der Waals surface area contributed by atoms with Gasteiger partial charge in [0.15, 0.2) is 17.6 Å². The lowest BCUT2D eigenvalue weighted by Crippen LogP contribution is -2.42. The van der Waals surface area contributed by atoms with Crippen LogP contribution >= 0.6 is 0 Å². The van der Waals surface area contributed by atoms with Crippen LogP contribution in [0, 0.1) is 0 Å². The Bertz CT molecular complexity index is 1110. The van der Waals surface area contributed by atoms with Crippen LogP contribution in [0.25, 0.3) is 5.65 Å². The van der Waals surface area contributed by atoms with Gasteiger partial charge >= 0.3 is 0 Å². The largest absolute Gasteiger partial charge is 0.363 e. The Morgan fingerprint density at radius 2 is 1.84 bits per heavy atom. The van der Waals surface area contributed by atoms with E-state index in [4.69, 9.17) is 9.84 Å². The molecule has 1 atom stereocenters. The minimum atomic E-state index is -0.480. The van der Waals surface area contributed by atoms with Gasteiger partial charge in [0, 0.05) is 24.4 Å². The molecule has 1 saturated heterocycles. The second-order valence-electron chi connectivity index (χ2n) is 9.60. The first-order chi connectivity index (χ1) is 14.9. The quantitative estimate of drug-likeness (QED) is 0.636. The molecular weight excluding hydrogens is 390 g/mol. The molecule has 1 fully saturated rings. The van der Waals surface area contributed by atoms with Gasteiger partial charge in [-0.05, 0) is 42.5 Å². The maximum absolute atomic E-state index is 13.2. The van der Waals surface area contributed by atoms with Gasteiger partial charge in [-0.3, -0.25) is 4.79 Å². The highest BCUT2D eigenvalue weighted by Gasteiger charge is 2.34. The Labute approximate surface area is 182 Å². The van der Waals surface area contributed by atoms with E-state index >= 15 is 0 Å². The molecule has 0 radical (unpaired) electrons. The topological polar surface area (TPSA) is 72.6 Å². The fourth-order valence-corrected chi connectivity index (χ4v) is 4.58. The van der Waals surface area contributed by atoms with Gasteiger partial charge in [-0.25, -0.2) is 0 Å². The van der Waals surface area contributed by atoms with Gasteiger partial charge in [0.05, 0.1) is 12.3 Å². The summed E-state index contributed by atoms with van der Waals surface area (Å²) in [5.41, 5.74) is 3.98. The van der Waals surface area contributed by atoms with Crippen molar-refractivity contribution >= 4 is 11.6 Å². The molecule has 0 spiro atoms. The Kier molecular flexibility index (Phi) is 5.01. The smallest absolute Gasteiger partial charge is 0.256 e. The van der Waals surface area contributed by atoms with E-state index in [1.165, 1.54) is 5.56 Å². The molecule has 7 heteroatoms. The van der Waals surface area contributed by atoms with Crippen molar-refractivity contribution in [3.63, 3.8) is 0 Å². The van der Waals surface area contributed by atoms with Crippen molar-refractivity contribution in [1.82, 2.24) is 24.7 Å². The van der Waals surface area contributed by atoms with Crippen molar-refractivity contribution in [1.29, 1.82) is 0 Å². The monoisotopic (exact) mass is 419 g/mol. The van der Waals surface area contributed by atoms with E-state index in [-0.39, 0.29) is 17.2 Å². The lowest BCUT2D eigenvalue weighted by Gasteiger charge is -2.35. The third-order valence-corrected chi connectivity index (χ3v) is 6.44. The van der Waals surface area contributed by atoms with Crippen LogP contribution in [-0.2, 0) is 21.4 Å². The lowest BCUT2D eigenvalue weighted by atomic mass is 9.92. The molecule has 1 aromatic carbocycles. The van der Waals surface area contributed by atoms with Crippen LogP contribution in [0.15, 0.2) is 36.4 Å². The van der Waals surface area contributed by atoms with Crippen LogP contribution in [0.2, 0.25) is 0 Å². The normalized spacial score (nSPS) is 20.1. The minimum absolute atomic E-state index is 0.0399. The van der Waals surface area contributed by atoms with E-state index in [0.717, 1.165) is 42.0 Å². The van der Waals surface area contributed by atoms with Crippen molar-refractivity contribution in [2.75, 3.05) is 19.7 Å². The van der Waals surface area contributed by atoms with Gasteiger partial charge in [0.25, 0.3) is 5.91 Å². The molecule has 3 aromatic rings. The average Bonchev–Trinajstić information content (AvgIpc) is 3.21. The SMILES string of the molecule is CC(C)(C)c1ccc2nnc(C3CCN(C(=O)C4OCCc5ccccc54)CC3)n2n1. The van der Waals surface area contributed by atoms with Crippen molar-refractivity contribution in [3.05, 3.63) is 59.0 Å². The Balaban J connectivity index is 1.32. The first kappa shape index (κ1) is 20.1. The highest BCUT2D eigenvalue weighted by molar-refractivity contribution is 5.83. The van der Waals surface area contributed by atoms with Crippen molar-refractivity contribution in [2.24, 2.45) is 0 Å². The number of piperidine rings is 1. The van der Waals surface area contributed by atoms with Crippen LogP contribution in [0.1, 0.15) is 68.3 Å². The molecule has 5 rings (SSSR count). The molecular formula is C24H29N5O2. The molecule has 2 aromatic heterocycles. The van der Waals surface area contributed by atoms with E-state index in [1.54, 1.807) is 0 Å².